The standard InChI is InChI=1S/C8H16O2.H3N/c1-7(2)5-3-4-6-8(9)10;/h7H,3-6H2,1-2H3,(H,9,10);1H3. The molecular weight excluding hydrogens is 142 g/mol. The molecule has 0 aromatic heterocycles. The third-order valence-corrected chi connectivity index (χ3v) is 1.42. The zero-order valence-corrected chi connectivity index (χ0v) is 7.47. The van der Waals surface area contributed by atoms with Crippen molar-refractivity contribution in [2.75, 3.05) is 0 Å². The fraction of sp³-hybridized carbons (Fsp3) is 0.875. The fourth-order valence-corrected chi connectivity index (χ4v) is 0.829. The lowest BCUT2D eigenvalue weighted by molar-refractivity contribution is -0.137. The Morgan fingerprint density at radius 3 is 2.27 bits per heavy atom. The van der Waals surface area contributed by atoms with E-state index in [9.17, 15) is 4.79 Å². The van der Waals surface area contributed by atoms with E-state index in [0.29, 0.717) is 12.3 Å². The molecule has 0 aromatic carbocycles. The molecule has 0 aromatic rings. The van der Waals surface area contributed by atoms with Crippen molar-refractivity contribution in [1.29, 1.82) is 0 Å². The van der Waals surface area contributed by atoms with Gasteiger partial charge in [0.2, 0.25) is 0 Å². The van der Waals surface area contributed by atoms with Crippen molar-refractivity contribution in [2.45, 2.75) is 39.5 Å². The summed E-state index contributed by atoms with van der Waals surface area (Å²) in [6.07, 6.45) is 3.34. The van der Waals surface area contributed by atoms with Gasteiger partial charge in [0, 0.05) is 6.42 Å². The molecular formula is C8H19NO2. The van der Waals surface area contributed by atoms with Gasteiger partial charge in [-0.2, -0.15) is 0 Å². The average Bonchev–Trinajstić information content (AvgIpc) is 1.79. The Bertz CT molecular complexity index is 102. The van der Waals surface area contributed by atoms with Crippen molar-refractivity contribution in [3.05, 3.63) is 0 Å². The number of hydrogen-bond acceptors (Lipinski definition) is 2. The molecule has 0 spiro atoms. The molecule has 0 amide bonds. The molecule has 0 heterocycles. The monoisotopic (exact) mass is 161 g/mol. The molecule has 0 rings (SSSR count). The Kier molecular flexibility index (Phi) is 8.94. The normalized spacial score (nSPS) is 9.36. The Labute approximate surface area is 68.4 Å². The topological polar surface area (TPSA) is 72.3 Å². The molecule has 3 heteroatoms. The number of unbranched alkanes of at least 4 members (excludes halogenated alkanes) is 1. The lowest BCUT2D eigenvalue weighted by atomic mass is 10.1. The maximum absolute atomic E-state index is 10.0. The first kappa shape index (κ1) is 13.1. The summed E-state index contributed by atoms with van der Waals surface area (Å²) in [5, 5.41) is 8.28. The SMILES string of the molecule is CC(C)CCCCC(=O)O.N. The van der Waals surface area contributed by atoms with E-state index in [1.807, 2.05) is 0 Å². The smallest absolute Gasteiger partial charge is 0.303 e. The van der Waals surface area contributed by atoms with Crippen LogP contribution >= 0.6 is 0 Å². The summed E-state index contributed by atoms with van der Waals surface area (Å²) in [7, 11) is 0. The van der Waals surface area contributed by atoms with Crippen LogP contribution in [0.15, 0.2) is 0 Å². The van der Waals surface area contributed by atoms with E-state index >= 15 is 0 Å². The second-order valence-corrected chi connectivity index (χ2v) is 3.03. The van der Waals surface area contributed by atoms with Crippen LogP contribution in [0.4, 0.5) is 0 Å². The van der Waals surface area contributed by atoms with Crippen LogP contribution in [0.25, 0.3) is 0 Å². The van der Waals surface area contributed by atoms with Crippen LogP contribution in [0.3, 0.4) is 0 Å². The minimum absolute atomic E-state index is 0. The van der Waals surface area contributed by atoms with Gasteiger partial charge in [-0.1, -0.05) is 26.7 Å². The fourth-order valence-electron chi connectivity index (χ4n) is 0.829. The van der Waals surface area contributed by atoms with Gasteiger partial charge in [0.05, 0.1) is 0 Å². The zero-order chi connectivity index (χ0) is 7.98. The highest BCUT2D eigenvalue weighted by Gasteiger charge is 1.97. The average molecular weight is 161 g/mol. The van der Waals surface area contributed by atoms with Gasteiger partial charge in [0.1, 0.15) is 0 Å². The van der Waals surface area contributed by atoms with E-state index in [0.717, 1.165) is 19.3 Å². The summed E-state index contributed by atoms with van der Waals surface area (Å²) in [6, 6.07) is 0. The predicted molar refractivity (Wildman–Crippen MR) is 46.0 cm³/mol. The molecule has 0 aliphatic carbocycles. The number of hydrogen-bond donors (Lipinski definition) is 2. The van der Waals surface area contributed by atoms with E-state index in [2.05, 4.69) is 13.8 Å². The summed E-state index contributed by atoms with van der Waals surface area (Å²) in [6.45, 7) is 4.31. The van der Waals surface area contributed by atoms with Crippen molar-refractivity contribution in [3.63, 3.8) is 0 Å². The third kappa shape index (κ3) is 12.6. The molecule has 11 heavy (non-hydrogen) atoms. The van der Waals surface area contributed by atoms with Crippen LogP contribution in [-0.2, 0) is 4.79 Å². The van der Waals surface area contributed by atoms with Crippen LogP contribution < -0.4 is 6.15 Å². The Morgan fingerprint density at radius 1 is 1.36 bits per heavy atom. The molecule has 0 saturated carbocycles. The van der Waals surface area contributed by atoms with Crippen LogP contribution in [-0.4, -0.2) is 11.1 Å². The molecule has 0 aliphatic heterocycles. The molecule has 0 atom stereocenters. The zero-order valence-electron chi connectivity index (χ0n) is 7.47. The number of carboxylic acids is 1. The molecule has 0 saturated heterocycles. The van der Waals surface area contributed by atoms with Crippen molar-refractivity contribution in [1.82, 2.24) is 6.15 Å². The van der Waals surface area contributed by atoms with Crippen molar-refractivity contribution < 1.29 is 9.90 Å². The second kappa shape index (κ2) is 7.54. The molecule has 3 nitrogen and oxygen atoms in total. The summed E-state index contributed by atoms with van der Waals surface area (Å²) in [4.78, 5) is 10.0. The van der Waals surface area contributed by atoms with Crippen molar-refractivity contribution >= 4 is 5.97 Å². The van der Waals surface area contributed by atoms with Crippen LogP contribution in [0.5, 0.6) is 0 Å². The minimum atomic E-state index is -0.677. The first-order valence-corrected chi connectivity index (χ1v) is 3.84. The summed E-state index contributed by atoms with van der Waals surface area (Å²) in [5.74, 6) is 0.0255. The number of carboxylic acid groups (broad SMARTS) is 1. The maximum Gasteiger partial charge on any atom is 0.303 e. The van der Waals surface area contributed by atoms with Gasteiger partial charge in [-0.3, -0.25) is 4.79 Å². The van der Waals surface area contributed by atoms with Crippen LogP contribution in [0.1, 0.15) is 39.5 Å². The number of carbonyl (C=O) groups is 1. The predicted octanol–water partition coefficient (Wildman–Crippen LogP) is 2.45. The van der Waals surface area contributed by atoms with E-state index < -0.39 is 5.97 Å². The minimum Gasteiger partial charge on any atom is -0.481 e. The number of aliphatic carboxylic acids is 1. The molecule has 0 bridgehead atoms. The van der Waals surface area contributed by atoms with Crippen LogP contribution in [0, 0.1) is 5.92 Å². The number of rotatable bonds is 5. The van der Waals surface area contributed by atoms with Gasteiger partial charge in [-0.15, -0.1) is 0 Å². The first-order chi connectivity index (χ1) is 4.63. The highest BCUT2D eigenvalue weighted by atomic mass is 16.4. The highest BCUT2D eigenvalue weighted by Crippen LogP contribution is 2.07. The lowest BCUT2D eigenvalue weighted by Gasteiger charge is -2.01. The largest absolute Gasteiger partial charge is 0.481 e. The molecule has 0 aliphatic rings. The lowest BCUT2D eigenvalue weighted by Crippen LogP contribution is -1.94. The molecule has 0 unspecified atom stereocenters. The van der Waals surface area contributed by atoms with E-state index in [-0.39, 0.29) is 6.15 Å². The van der Waals surface area contributed by atoms with E-state index in [1.165, 1.54) is 0 Å². The van der Waals surface area contributed by atoms with Gasteiger partial charge in [-0.05, 0) is 12.3 Å². The Morgan fingerprint density at radius 2 is 1.91 bits per heavy atom. The highest BCUT2D eigenvalue weighted by molar-refractivity contribution is 5.66. The van der Waals surface area contributed by atoms with E-state index in [1.54, 1.807) is 0 Å². The van der Waals surface area contributed by atoms with Gasteiger partial charge in [0.15, 0.2) is 0 Å². The van der Waals surface area contributed by atoms with Gasteiger partial charge < -0.3 is 11.3 Å². The Hall–Kier alpha value is -0.570. The van der Waals surface area contributed by atoms with Gasteiger partial charge in [0.25, 0.3) is 0 Å². The van der Waals surface area contributed by atoms with Gasteiger partial charge in [-0.25, -0.2) is 0 Å². The summed E-state index contributed by atoms with van der Waals surface area (Å²) in [5.41, 5.74) is 0. The first-order valence-electron chi connectivity index (χ1n) is 3.84. The summed E-state index contributed by atoms with van der Waals surface area (Å²) >= 11 is 0. The molecule has 0 radical (unpaired) electrons. The van der Waals surface area contributed by atoms with Gasteiger partial charge >= 0.3 is 5.97 Å². The van der Waals surface area contributed by atoms with E-state index in [4.69, 9.17) is 5.11 Å². The molecule has 0 fully saturated rings. The Balaban J connectivity index is 0. The molecule has 4 N–H and O–H groups in total. The van der Waals surface area contributed by atoms with Crippen LogP contribution in [0.2, 0.25) is 0 Å². The summed E-state index contributed by atoms with van der Waals surface area (Å²) < 4.78 is 0. The quantitative estimate of drug-likeness (QED) is 0.608. The maximum atomic E-state index is 10.0. The third-order valence-electron chi connectivity index (χ3n) is 1.42. The second-order valence-electron chi connectivity index (χ2n) is 3.03. The van der Waals surface area contributed by atoms with Crippen molar-refractivity contribution in [2.24, 2.45) is 5.92 Å². The van der Waals surface area contributed by atoms with Crippen molar-refractivity contribution in [3.8, 4) is 0 Å². The molecule has 68 valence electrons.